The van der Waals surface area contributed by atoms with Crippen LogP contribution in [0.2, 0.25) is 0 Å². The summed E-state index contributed by atoms with van der Waals surface area (Å²) in [7, 11) is 1.71. The predicted molar refractivity (Wildman–Crippen MR) is 71.7 cm³/mol. The van der Waals surface area contributed by atoms with Gasteiger partial charge in [-0.15, -0.1) is 0 Å². The topological polar surface area (TPSA) is 49.9 Å². The summed E-state index contributed by atoms with van der Waals surface area (Å²) in [6.45, 7) is 2.91. The molecule has 2 rings (SSSR count). The lowest BCUT2D eigenvalue weighted by atomic mass is 10.2. The molecule has 0 aliphatic carbocycles. The van der Waals surface area contributed by atoms with Gasteiger partial charge in [0.1, 0.15) is 6.04 Å². The largest absolute Gasteiger partial charge is 0.385 e. The first-order chi connectivity index (χ1) is 9.24. The van der Waals surface area contributed by atoms with Crippen molar-refractivity contribution in [1.82, 2.24) is 9.80 Å². The molecule has 5 heteroatoms. The van der Waals surface area contributed by atoms with Gasteiger partial charge < -0.3 is 14.5 Å². The maximum Gasteiger partial charge on any atom is 0.245 e. The molecule has 2 aliphatic heterocycles. The van der Waals surface area contributed by atoms with Gasteiger partial charge in [-0.1, -0.05) is 0 Å². The molecule has 0 radical (unpaired) electrons. The van der Waals surface area contributed by atoms with E-state index in [-0.39, 0.29) is 17.9 Å². The Morgan fingerprint density at radius 2 is 2.05 bits per heavy atom. The Balaban J connectivity index is 1.83. The van der Waals surface area contributed by atoms with E-state index in [0.717, 1.165) is 51.8 Å². The average Bonchev–Trinajstić information content (AvgIpc) is 2.86. The van der Waals surface area contributed by atoms with E-state index >= 15 is 0 Å². The molecule has 2 heterocycles. The summed E-state index contributed by atoms with van der Waals surface area (Å²) in [6, 6.07) is -0.172. The molecule has 0 aromatic carbocycles. The van der Waals surface area contributed by atoms with Gasteiger partial charge in [0, 0.05) is 39.8 Å². The maximum absolute atomic E-state index is 12.4. The van der Waals surface area contributed by atoms with E-state index in [2.05, 4.69) is 0 Å². The number of methoxy groups -OCH3 is 1. The fourth-order valence-electron chi connectivity index (χ4n) is 2.96. The Kier molecular flexibility index (Phi) is 5.19. The highest BCUT2D eigenvalue weighted by molar-refractivity contribution is 5.90. The van der Waals surface area contributed by atoms with Gasteiger partial charge in [-0.3, -0.25) is 9.59 Å². The lowest BCUT2D eigenvalue weighted by Crippen LogP contribution is -2.43. The third kappa shape index (κ3) is 3.47. The molecule has 0 saturated carbocycles. The van der Waals surface area contributed by atoms with Gasteiger partial charge in [0.05, 0.1) is 0 Å². The molecule has 2 aliphatic rings. The van der Waals surface area contributed by atoms with Crippen molar-refractivity contribution in [2.24, 2.45) is 0 Å². The number of hydrogen-bond acceptors (Lipinski definition) is 3. The number of rotatable bonds is 6. The number of carbonyl (C=O) groups excluding carboxylic acids is 2. The van der Waals surface area contributed by atoms with Crippen molar-refractivity contribution in [3.05, 3.63) is 0 Å². The minimum absolute atomic E-state index is 0.151. The molecule has 0 N–H and O–H groups in total. The third-order valence-corrected chi connectivity index (χ3v) is 4.04. The van der Waals surface area contributed by atoms with E-state index < -0.39 is 0 Å². The molecule has 0 aromatic heterocycles. The van der Waals surface area contributed by atoms with Crippen molar-refractivity contribution < 1.29 is 14.3 Å². The van der Waals surface area contributed by atoms with E-state index in [9.17, 15) is 9.59 Å². The molecular weight excluding hydrogens is 244 g/mol. The van der Waals surface area contributed by atoms with Crippen LogP contribution in [-0.2, 0) is 14.3 Å². The van der Waals surface area contributed by atoms with Crippen molar-refractivity contribution in [3.8, 4) is 0 Å². The zero-order valence-corrected chi connectivity index (χ0v) is 11.8. The fourth-order valence-corrected chi connectivity index (χ4v) is 2.96. The molecule has 0 bridgehead atoms. The molecular formula is C14H24N2O3. The molecule has 1 atom stereocenters. The van der Waals surface area contributed by atoms with Crippen LogP contribution in [0, 0.1) is 0 Å². The number of amides is 2. The van der Waals surface area contributed by atoms with Crippen molar-refractivity contribution in [1.29, 1.82) is 0 Å². The summed E-state index contributed by atoms with van der Waals surface area (Å²) in [6.07, 6.45) is 5.39. The number of fused-ring (bicyclic) bond motifs is 1. The number of ether oxygens (including phenoxy) is 1. The molecule has 19 heavy (non-hydrogen) atoms. The van der Waals surface area contributed by atoms with Crippen LogP contribution in [0.1, 0.15) is 38.5 Å². The first-order valence-corrected chi connectivity index (χ1v) is 7.31. The number of carbonyl (C=O) groups is 2. The van der Waals surface area contributed by atoms with Crippen LogP contribution in [0.5, 0.6) is 0 Å². The lowest BCUT2D eigenvalue weighted by Gasteiger charge is -2.25. The second-order valence-electron chi connectivity index (χ2n) is 5.37. The first-order valence-electron chi connectivity index (χ1n) is 7.31. The highest BCUT2D eigenvalue weighted by Gasteiger charge is 2.38. The Morgan fingerprint density at radius 1 is 1.21 bits per heavy atom. The predicted octanol–water partition coefficient (Wildman–Crippen LogP) is 1.03. The highest BCUT2D eigenvalue weighted by atomic mass is 16.5. The van der Waals surface area contributed by atoms with E-state index in [0.29, 0.717) is 13.0 Å². The smallest absolute Gasteiger partial charge is 0.245 e. The first kappa shape index (κ1) is 14.3. The molecule has 2 fully saturated rings. The molecule has 5 nitrogen and oxygen atoms in total. The number of unbranched alkanes of at least 4 members (excludes halogenated alkanes) is 2. The minimum Gasteiger partial charge on any atom is -0.385 e. The van der Waals surface area contributed by atoms with E-state index in [1.54, 1.807) is 12.0 Å². The van der Waals surface area contributed by atoms with Crippen LogP contribution >= 0.6 is 0 Å². The zero-order chi connectivity index (χ0) is 13.7. The van der Waals surface area contributed by atoms with Crippen LogP contribution in [0.25, 0.3) is 0 Å². The van der Waals surface area contributed by atoms with Gasteiger partial charge >= 0.3 is 0 Å². The van der Waals surface area contributed by atoms with Crippen molar-refractivity contribution >= 4 is 11.8 Å². The van der Waals surface area contributed by atoms with Gasteiger partial charge in [0.2, 0.25) is 11.8 Å². The molecule has 2 amide bonds. The zero-order valence-electron chi connectivity index (χ0n) is 11.8. The molecule has 108 valence electrons. The van der Waals surface area contributed by atoms with Crippen LogP contribution in [0.4, 0.5) is 0 Å². The summed E-state index contributed by atoms with van der Waals surface area (Å²) in [5.74, 6) is 0.313. The van der Waals surface area contributed by atoms with Gasteiger partial charge in [0.15, 0.2) is 0 Å². The Morgan fingerprint density at radius 3 is 2.84 bits per heavy atom. The summed E-state index contributed by atoms with van der Waals surface area (Å²) < 4.78 is 5.01. The van der Waals surface area contributed by atoms with Crippen molar-refractivity contribution in [3.63, 3.8) is 0 Å². The van der Waals surface area contributed by atoms with Gasteiger partial charge in [-0.2, -0.15) is 0 Å². The summed E-state index contributed by atoms with van der Waals surface area (Å²) in [5, 5.41) is 0. The monoisotopic (exact) mass is 268 g/mol. The maximum atomic E-state index is 12.4. The fraction of sp³-hybridized carbons (Fsp3) is 0.857. The van der Waals surface area contributed by atoms with Gasteiger partial charge in [-0.05, 0) is 32.1 Å². The number of hydrogen-bond donors (Lipinski definition) is 0. The van der Waals surface area contributed by atoms with Crippen LogP contribution < -0.4 is 0 Å². The molecule has 1 unspecified atom stereocenters. The normalized spacial score (nSPS) is 23.7. The second-order valence-corrected chi connectivity index (χ2v) is 5.37. The van der Waals surface area contributed by atoms with Crippen molar-refractivity contribution in [2.75, 3.05) is 33.4 Å². The summed E-state index contributed by atoms with van der Waals surface area (Å²) in [5.41, 5.74) is 0. The minimum atomic E-state index is -0.172. The summed E-state index contributed by atoms with van der Waals surface area (Å²) in [4.78, 5) is 28.0. The SMILES string of the molecule is COCCCCCN1CCC(=O)N2CCCC2C1=O. The molecule has 0 spiro atoms. The van der Waals surface area contributed by atoms with Crippen LogP contribution in [0.3, 0.4) is 0 Å². The summed E-state index contributed by atoms with van der Waals surface area (Å²) >= 11 is 0. The molecule has 2 saturated heterocycles. The quantitative estimate of drug-likeness (QED) is 0.676. The van der Waals surface area contributed by atoms with Crippen molar-refractivity contribution in [2.45, 2.75) is 44.6 Å². The van der Waals surface area contributed by atoms with E-state index in [1.807, 2.05) is 4.90 Å². The number of nitrogens with zero attached hydrogens (tertiary/aromatic N) is 2. The second kappa shape index (κ2) is 6.89. The molecule has 0 aromatic rings. The standard InChI is InChI=1S/C14H24N2O3/c1-19-11-4-2-3-8-15-10-7-13(17)16-9-5-6-12(16)14(15)18/h12H,2-11H2,1H3. The van der Waals surface area contributed by atoms with Gasteiger partial charge in [-0.25, -0.2) is 0 Å². The van der Waals surface area contributed by atoms with Crippen LogP contribution in [-0.4, -0.2) is 61.0 Å². The third-order valence-electron chi connectivity index (χ3n) is 4.04. The van der Waals surface area contributed by atoms with E-state index in [1.165, 1.54) is 0 Å². The van der Waals surface area contributed by atoms with Gasteiger partial charge in [0.25, 0.3) is 0 Å². The Bertz CT molecular complexity index is 333. The lowest BCUT2D eigenvalue weighted by molar-refractivity contribution is -0.139. The van der Waals surface area contributed by atoms with E-state index in [4.69, 9.17) is 4.74 Å². The highest BCUT2D eigenvalue weighted by Crippen LogP contribution is 2.23. The average molecular weight is 268 g/mol. The van der Waals surface area contributed by atoms with Crippen LogP contribution in [0.15, 0.2) is 0 Å². The Hall–Kier alpha value is -1.10. The Labute approximate surface area is 114 Å².